The van der Waals surface area contributed by atoms with Crippen LogP contribution in [0.5, 0.6) is 5.75 Å². The summed E-state index contributed by atoms with van der Waals surface area (Å²) in [7, 11) is 0. The van der Waals surface area contributed by atoms with Gasteiger partial charge in [0.05, 0.1) is 12.2 Å². The van der Waals surface area contributed by atoms with Gasteiger partial charge in [0, 0.05) is 36.4 Å². The second-order valence-electron chi connectivity index (χ2n) is 8.04. The number of nitrogens with zero attached hydrogens (tertiary/aromatic N) is 2. The third-order valence-corrected chi connectivity index (χ3v) is 5.37. The first kappa shape index (κ1) is 17.7. The highest BCUT2D eigenvalue weighted by molar-refractivity contribution is 5.76. The Labute approximate surface area is 160 Å². The van der Waals surface area contributed by atoms with Crippen LogP contribution >= 0.6 is 0 Å². The van der Waals surface area contributed by atoms with Crippen molar-refractivity contribution in [1.82, 2.24) is 0 Å². The van der Waals surface area contributed by atoms with Gasteiger partial charge in [-0.25, -0.2) is 0 Å². The van der Waals surface area contributed by atoms with Gasteiger partial charge in [0.25, 0.3) is 0 Å². The first-order valence-corrected chi connectivity index (χ1v) is 9.51. The molecule has 0 amide bonds. The number of aryl methyl sites for hydroxylation is 1. The summed E-state index contributed by atoms with van der Waals surface area (Å²) in [5.74, 6) is -0.417. The number of carboxylic acid groups (broad SMARTS) is 1. The number of carbonyl (C=O) groups is 1. The first-order valence-electron chi connectivity index (χ1n) is 9.51. The Morgan fingerprint density at radius 2 is 1.93 bits per heavy atom. The molecule has 2 heterocycles. The molecule has 2 aliphatic heterocycles. The van der Waals surface area contributed by atoms with Crippen molar-refractivity contribution in [1.29, 1.82) is 0 Å². The van der Waals surface area contributed by atoms with Crippen molar-refractivity contribution in [2.75, 3.05) is 29.4 Å². The molecule has 2 aliphatic rings. The van der Waals surface area contributed by atoms with Gasteiger partial charge in [0.15, 0.2) is 0 Å². The SMILES string of the molecule is CCc1ccc2c(c1)OC(C)(C)CN2c1cccc(N2CC(C(=O)[O-])C2)c1. The molecule has 2 aromatic rings. The van der Waals surface area contributed by atoms with Crippen molar-refractivity contribution in [3.63, 3.8) is 0 Å². The first-order chi connectivity index (χ1) is 12.9. The molecule has 1 fully saturated rings. The molecule has 0 atom stereocenters. The zero-order valence-electron chi connectivity index (χ0n) is 16.1. The second-order valence-corrected chi connectivity index (χ2v) is 8.04. The summed E-state index contributed by atoms with van der Waals surface area (Å²) in [6.45, 7) is 8.12. The molecule has 0 aliphatic carbocycles. The summed E-state index contributed by atoms with van der Waals surface area (Å²) in [6, 6.07) is 14.7. The number of benzene rings is 2. The molecular weight excluding hydrogens is 340 g/mol. The van der Waals surface area contributed by atoms with Gasteiger partial charge < -0.3 is 24.4 Å². The summed E-state index contributed by atoms with van der Waals surface area (Å²) < 4.78 is 6.24. The number of hydrogen-bond acceptors (Lipinski definition) is 5. The minimum Gasteiger partial charge on any atom is -0.550 e. The van der Waals surface area contributed by atoms with Gasteiger partial charge in [-0.3, -0.25) is 0 Å². The fourth-order valence-electron chi connectivity index (χ4n) is 3.81. The van der Waals surface area contributed by atoms with Gasteiger partial charge in [-0.1, -0.05) is 19.1 Å². The molecule has 0 saturated carbocycles. The van der Waals surface area contributed by atoms with Crippen LogP contribution in [0, 0.1) is 5.92 Å². The minimum atomic E-state index is -0.960. The molecule has 0 spiro atoms. The molecule has 5 nitrogen and oxygen atoms in total. The monoisotopic (exact) mass is 365 g/mol. The Bertz CT molecular complexity index is 872. The van der Waals surface area contributed by atoms with Crippen LogP contribution in [0.25, 0.3) is 0 Å². The average Bonchev–Trinajstić information content (AvgIpc) is 2.58. The van der Waals surface area contributed by atoms with Crippen molar-refractivity contribution >= 4 is 23.0 Å². The van der Waals surface area contributed by atoms with Gasteiger partial charge >= 0.3 is 0 Å². The highest BCUT2D eigenvalue weighted by Crippen LogP contribution is 2.42. The van der Waals surface area contributed by atoms with E-state index in [0.717, 1.165) is 35.8 Å². The topological polar surface area (TPSA) is 55.8 Å². The van der Waals surface area contributed by atoms with E-state index in [1.807, 2.05) is 12.1 Å². The quantitative estimate of drug-likeness (QED) is 0.834. The standard InChI is InChI=1S/C22H26N2O3/c1-4-15-8-9-19-20(10-15)27-22(2,3)14-24(19)18-7-5-6-17(11-18)23-12-16(13-23)21(25)26/h5-11,16H,4,12-14H2,1-3H3,(H,25,26)/p-1. The highest BCUT2D eigenvalue weighted by Gasteiger charge is 2.33. The summed E-state index contributed by atoms with van der Waals surface area (Å²) in [5, 5.41) is 11.0. The number of carbonyl (C=O) groups excluding carboxylic acids is 1. The van der Waals surface area contributed by atoms with Crippen molar-refractivity contribution in [3.05, 3.63) is 48.0 Å². The third kappa shape index (κ3) is 3.34. The van der Waals surface area contributed by atoms with E-state index in [1.54, 1.807) is 0 Å². The van der Waals surface area contributed by atoms with E-state index >= 15 is 0 Å². The molecule has 5 heteroatoms. The zero-order chi connectivity index (χ0) is 19.2. The van der Waals surface area contributed by atoms with Crippen LogP contribution in [0.1, 0.15) is 26.3 Å². The van der Waals surface area contributed by atoms with Gasteiger partial charge in [-0.2, -0.15) is 0 Å². The number of ether oxygens (including phenoxy) is 1. The number of fused-ring (bicyclic) bond motifs is 1. The third-order valence-electron chi connectivity index (χ3n) is 5.37. The van der Waals surface area contributed by atoms with E-state index in [-0.39, 0.29) is 11.5 Å². The Hall–Kier alpha value is -2.69. The number of aliphatic carboxylic acids is 1. The maximum atomic E-state index is 11.0. The molecule has 0 N–H and O–H groups in total. The minimum absolute atomic E-state index is 0.299. The van der Waals surface area contributed by atoms with E-state index in [2.05, 4.69) is 60.9 Å². The number of rotatable bonds is 4. The molecule has 0 aromatic heterocycles. The van der Waals surface area contributed by atoms with Crippen LogP contribution < -0.4 is 19.6 Å². The van der Waals surface area contributed by atoms with E-state index < -0.39 is 5.97 Å². The van der Waals surface area contributed by atoms with Crippen LogP contribution in [0.3, 0.4) is 0 Å². The van der Waals surface area contributed by atoms with Crippen molar-refractivity contribution in [2.24, 2.45) is 5.92 Å². The van der Waals surface area contributed by atoms with Gasteiger partial charge in [-0.05, 0) is 56.2 Å². The van der Waals surface area contributed by atoms with Crippen LogP contribution in [0.4, 0.5) is 17.1 Å². The number of hydrogen-bond donors (Lipinski definition) is 0. The molecule has 1 saturated heterocycles. The molecular formula is C22H25N2O3-. The maximum Gasteiger partial charge on any atom is 0.144 e. The van der Waals surface area contributed by atoms with E-state index in [1.165, 1.54) is 5.56 Å². The molecule has 2 aromatic carbocycles. The zero-order valence-corrected chi connectivity index (χ0v) is 16.1. The average molecular weight is 365 g/mol. The fraction of sp³-hybridized carbons (Fsp3) is 0.409. The Balaban J connectivity index is 1.65. The van der Waals surface area contributed by atoms with Gasteiger partial charge in [0.1, 0.15) is 11.4 Å². The Morgan fingerprint density at radius 1 is 1.19 bits per heavy atom. The van der Waals surface area contributed by atoms with Gasteiger partial charge in [-0.15, -0.1) is 0 Å². The van der Waals surface area contributed by atoms with E-state index in [0.29, 0.717) is 13.1 Å². The van der Waals surface area contributed by atoms with Crippen LogP contribution in [-0.2, 0) is 11.2 Å². The van der Waals surface area contributed by atoms with Crippen LogP contribution in [-0.4, -0.2) is 31.2 Å². The summed E-state index contributed by atoms with van der Waals surface area (Å²) in [5.41, 5.74) is 4.16. The van der Waals surface area contributed by atoms with E-state index in [4.69, 9.17) is 4.74 Å². The lowest BCUT2D eigenvalue weighted by Gasteiger charge is -2.43. The maximum absolute atomic E-state index is 11.0. The fourth-order valence-corrected chi connectivity index (χ4v) is 3.81. The number of carboxylic acids is 1. The van der Waals surface area contributed by atoms with E-state index in [9.17, 15) is 9.90 Å². The van der Waals surface area contributed by atoms with Crippen molar-refractivity contribution in [2.45, 2.75) is 32.8 Å². The molecule has 142 valence electrons. The second kappa shape index (κ2) is 6.48. The Morgan fingerprint density at radius 3 is 2.63 bits per heavy atom. The Kier molecular flexibility index (Phi) is 4.25. The van der Waals surface area contributed by atoms with Crippen LogP contribution in [0.15, 0.2) is 42.5 Å². The van der Waals surface area contributed by atoms with Crippen LogP contribution in [0.2, 0.25) is 0 Å². The normalized spacial score (nSPS) is 18.5. The predicted octanol–water partition coefficient (Wildman–Crippen LogP) is 2.74. The molecule has 0 radical (unpaired) electrons. The lowest BCUT2D eigenvalue weighted by Crippen LogP contribution is -2.54. The molecule has 0 unspecified atom stereocenters. The predicted molar refractivity (Wildman–Crippen MR) is 105 cm³/mol. The highest BCUT2D eigenvalue weighted by atomic mass is 16.5. The largest absolute Gasteiger partial charge is 0.550 e. The molecule has 27 heavy (non-hydrogen) atoms. The van der Waals surface area contributed by atoms with Crippen molar-refractivity contribution < 1.29 is 14.6 Å². The van der Waals surface area contributed by atoms with Crippen molar-refractivity contribution in [3.8, 4) is 5.75 Å². The molecule has 0 bridgehead atoms. The lowest BCUT2D eigenvalue weighted by atomic mass is 9.99. The molecule has 4 rings (SSSR count). The summed E-state index contributed by atoms with van der Waals surface area (Å²) in [4.78, 5) is 15.3. The smallest absolute Gasteiger partial charge is 0.144 e. The number of anilines is 3. The summed E-state index contributed by atoms with van der Waals surface area (Å²) >= 11 is 0. The lowest BCUT2D eigenvalue weighted by molar-refractivity contribution is -0.312. The summed E-state index contributed by atoms with van der Waals surface area (Å²) in [6.07, 6.45) is 0.973. The van der Waals surface area contributed by atoms with Gasteiger partial charge in [0.2, 0.25) is 0 Å².